The first-order valence-electron chi connectivity index (χ1n) is 23.7. The predicted molar refractivity (Wildman–Crippen MR) is 230 cm³/mol. The molecule has 16 atom stereocenters. The molecule has 4 saturated carbocycles. The van der Waals surface area contributed by atoms with Gasteiger partial charge in [0.15, 0.2) is 5.78 Å². The van der Waals surface area contributed by atoms with E-state index in [-0.39, 0.29) is 52.8 Å². The molecule has 3 heterocycles. The van der Waals surface area contributed by atoms with Crippen molar-refractivity contribution in [1.82, 2.24) is 5.32 Å². The molecule has 0 unspecified atom stereocenters. The monoisotopic (exact) mass is 825 g/mol. The molecular weight excluding hydrogens is 753 g/mol. The van der Waals surface area contributed by atoms with Gasteiger partial charge in [-0.15, -0.1) is 0 Å². The minimum absolute atomic E-state index is 0.0160. The van der Waals surface area contributed by atoms with E-state index >= 15 is 4.79 Å². The first-order valence-corrected chi connectivity index (χ1v) is 23.7. The van der Waals surface area contributed by atoms with Crippen molar-refractivity contribution in [2.45, 2.75) is 160 Å². The third-order valence-corrected chi connectivity index (χ3v) is 19.8. The van der Waals surface area contributed by atoms with Crippen LogP contribution in [-0.4, -0.2) is 81.1 Å². The van der Waals surface area contributed by atoms with Crippen LogP contribution in [0, 0.1) is 57.2 Å². The van der Waals surface area contributed by atoms with Gasteiger partial charge in [0.25, 0.3) is 0 Å². The van der Waals surface area contributed by atoms with E-state index in [1.807, 2.05) is 19.9 Å². The zero-order valence-corrected chi connectivity index (χ0v) is 36.8. The number of nitrogens with one attached hydrogen (secondary N) is 1. The number of benzene rings is 1. The van der Waals surface area contributed by atoms with Gasteiger partial charge >= 0.3 is 0 Å². The van der Waals surface area contributed by atoms with Gasteiger partial charge in [0, 0.05) is 29.9 Å². The molecule has 9 aliphatic rings. The van der Waals surface area contributed by atoms with E-state index in [0.717, 1.165) is 80.9 Å². The lowest BCUT2D eigenvalue weighted by Gasteiger charge is -2.73. The number of aliphatic hydroxyl groups excluding tert-OH is 2. The van der Waals surface area contributed by atoms with Crippen molar-refractivity contribution in [3.8, 4) is 0 Å². The van der Waals surface area contributed by atoms with E-state index in [1.165, 1.54) is 5.56 Å². The van der Waals surface area contributed by atoms with Crippen molar-refractivity contribution in [3.63, 3.8) is 0 Å². The molecule has 6 aliphatic carbocycles. The molecule has 328 valence electrons. The molecule has 9 nitrogen and oxygen atoms in total. The Labute approximate surface area is 357 Å². The fourth-order valence-corrected chi connectivity index (χ4v) is 16.5. The Hall–Kier alpha value is -2.53. The summed E-state index contributed by atoms with van der Waals surface area (Å²) in [6, 6.07) is 10.8. The van der Waals surface area contributed by atoms with Crippen LogP contribution in [0.3, 0.4) is 0 Å². The van der Waals surface area contributed by atoms with Gasteiger partial charge in [0.2, 0.25) is 0 Å². The first kappa shape index (κ1) is 41.5. The van der Waals surface area contributed by atoms with Crippen molar-refractivity contribution in [2.24, 2.45) is 62.9 Å². The number of hydrogen-bond donors (Lipinski definition) is 6. The second-order valence-corrected chi connectivity index (χ2v) is 22.7. The van der Waals surface area contributed by atoms with Gasteiger partial charge in [-0.25, -0.2) is 0 Å². The van der Waals surface area contributed by atoms with Crippen LogP contribution >= 0.6 is 0 Å². The van der Waals surface area contributed by atoms with Gasteiger partial charge in [-0.3, -0.25) is 4.79 Å². The van der Waals surface area contributed by atoms with Crippen molar-refractivity contribution in [1.29, 1.82) is 0 Å². The third kappa shape index (κ3) is 5.60. The summed E-state index contributed by atoms with van der Waals surface area (Å²) in [7, 11) is 0. The summed E-state index contributed by atoms with van der Waals surface area (Å²) in [6.45, 7) is 12.0. The summed E-state index contributed by atoms with van der Waals surface area (Å²) in [4.78, 5) is 15.1. The highest BCUT2D eigenvalue weighted by atomic mass is 16.6. The zero-order valence-electron chi connectivity index (χ0n) is 36.8. The smallest absolute Gasteiger partial charge is 0.162 e. The molecule has 1 aromatic rings. The van der Waals surface area contributed by atoms with Gasteiger partial charge in [0.05, 0.1) is 29.7 Å². The standard InChI is InChI=1S/C51H72N2O7/c1-30-17-22-59-50(27-30,44-43(60-44)48(5,57)45(2,29-54)18-13-32-16-21-53-39(52)23-32)38-25-34-11-12-36-40-42-47(4)33(24-35(55)26-37(47)41(36)56)15-20-49(42,28-46(38,3)51(34,40)58)19-14-31-9-7-6-8-10-31/h6-10,16,23,30,33-35,37-38,42-44,53-55,57-58H,11-15,17-22,24-29,52H2,1-5H3/t30-,33+,34+,35+,37+,38+,42+,43+,44+,45+,46-,47+,48+,49-,50-,51-/m1/s1. The number of rotatable bonds is 11. The van der Waals surface area contributed by atoms with Crippen molar-refractivity contribution in [2.75, 3.05) is 19.8 Å². The van der Waals surface area contributed by atoms with Crippen LogP contribution in [0.25, 0.3) is 0 Å². The largest absolute Gasteiger partial charge is 0.396 e. The van der Waals surface area contributed by atoms with Gasteiger partial charge in [-0.1, -0.05) is 64.1 Å². The van der Waals surface area contributed by atoms with E-state index in [9.17, 15) is 20.4 Å². The van der Waals surface area contributed by atoms with Crippen molar-refractivity contribution in [3.05, 3.63) is 70.6 Å². The van der Waals surface area contributed by atoms with Gasteiger partial charge in [0.1, 0.15) is 17.8 Å². The Kier molecular flexibility index (Phi) is 9.67. The fraction of sp³-hybridized carbons (Fsp3) is 0.745. The Balaban J connectivity index is 1.07. The number of allylic oxidation sites excluding steroid dienone is 3. The van der Waals surface area contributed by atoms with Gasteiger partial charge < -0.3 is 41.0 Å². The maximum atomic E-state index is 15.1. The minimum atomic E-state index is -1.37. The molecule has 9 heteroatoms. The maximum Gasteiger partial charge on any atom is 0.162 e. The third-order valence-electron chi connectivity index (χ3n) is 19.8. The summed E-state index contributed by atoms with van der Waals surface area (Å²) in [6.07, 6.45) is 13.8. The molecule has 1 aromatic carbocycles. The van der Waals surface area contributed by atoms with Crippen LogP contribution in [0.15, 0.2) is 65.0 Å². The second-order valence-electron chi connectivity index (χ2n) is 22.7. The number of carbonyl (C=O) groups is 1. The van der Waals surface area contributed by atoms with Crippen molar-refractivity contribution < 1.29 is 34.7 Å². The Morgan fingerprint density at radius 3 is 2.55 bits per heavy atom. The van der Waals surface area contributed by atoms with E-state index in [2.05, 4.69) is 62.5 Å². The molecule has 0 aromatic heterocycles. The summed E-state index contributed by atoms with van der Waals surface area (Å²) < 4.78 is 14.2. The quantitative estimate of drug-likeness (QED) is 0.134. The van der Waals surface area contributed by atoms with E-state index in [1.54, 1.807) is 0 Å². The number of Topliss-reactive ketones (excluding diaryl/α,β-unsaturated/α-hetero) is 1. The number of epoxide rings is 1. The Morgan fingerprint density at radius 2 is 1.82 bits per heavy atom. The highest BCUT2D eigenvalue weighted by Crippen LogP contribution is 2.81. The molecule has 60 heavy (non-hydrogen) atoms. The Morgan fingerprint density at radius 1 is 1.03 bits per heavy atom. The first-order chi connectivity index (χ1) is 28.5. The van der Waals surface area contributed by atoms with E-state index in [4.69, 9.17) is 15.2 Å². The average Bonchev–Trinajstić information content (AvgIpc) is 4.01. The molecule has 3 aliphatic heterocycles. The number of aliphatic hydroxyl groups is 4. The molecule has 0 bridgehead atoms. The van der Waals surface area contributed by atoms with Crippen LogP contribution in [0.1, 0.15) is 124 Å². The van der Waals surface area contributed by atoms with Crippen LogP contribution < -0.4 is 11.1 Å². The summed E-state index contributed by atoms with van der Waals surface area (Å²) in [5, 5.41) is 52.4. The maximum absolute atomic E-state index is 15.1. The lowest BCUT2D eigenvalue weighted by molar-refractivity contribution is -0.238. The number of ketones is 1. The summed E-state index contributed by atoms with van der Waals surface area (Å²) >= 11 is 0. The van der Waals surface area contributed by atoms with Crippen LogP contribution in [0.2, 0.25) is 0 Å². The van der Waals surface area contributed by atoms with Gasteiger partial charge in [-0.2, -0.15) is 0 Å². The minimum Gasteiger partial charge on any atom is -0.396 e. The summed E-state index contributed by atoms with van der Waals surface area (Å²) in [5.41, 5.74) is 5.23. The topological polar surface area (TPSA) is 158 Å². The number of hydrogen-bond acceptors (Lipinski definition) is 9. The lowest BCUT2D eigenvalue weighted by atomic mass is 9.32. The molecule has 7 N–H and O–H groups in total. The number of carbonyl (C=O) groups excluding carboxylic acids is 1. The summed E-state index contributed by atoms with van der Waals surface area (Å²) in [5.74, 6) is 1.20. The van der Waals surface area contributed by atoms with E-state index in [0.29, 0.717) is 50.6 Å². The van der Waals surface area contributed by atoms with Crippen LogP contribution in [0.5, 0.6) is 0 Å². The second kappa shape index (κ2) is 14.0. The number of dihydropyridines is 1. The Bertz CT molecular complexity index is 2000. The molecule has 0 radical (unpaired) electrons. The molecule has 2 saturated heterocycles. The molecule has 0 spiro atoms. The van der Waals surface area contributed by atoms with Crippen LogP contribution in [0.4, 0.5) is 0 Å². The zero-order chi connectivity index (χ0) is 42.3. The lowest BCUT2D eigenvalue weighted by Crippen LogP contribution is -2.72. The average molecular weight is 825 g/mol. The van der Waals surface area contributed by atoms with E-state index < -0.39 is 45.9 Å². The fourth-order valence-electron chi connectivity index (χ4n) is 16.5. The van der Waals surface area contributed by atoms with Crippen LogP contribution in [-0.2, 0) is 20.7 Å². The molecule has 0 amide bonds. The highest BCUT2D eigenvalue weighted by Gasteiger charge is 2.81. The molecule has 10 rings (SSSR count). The van der Waals surface area contributed by atoms with Crippen molar-refractivity contribution >= 4 is 5.78 Å². The number of ether oxygens (including phenoxy) is 2. The molecule has 6 fully saturated rings. The molecular formula is C51H72N2O7. The predicted octanol–water partition coefficient (Wildman–Crippen LogP) is 6.67. The highest BCUT2D eigenvalue weighted by molar-refractivity contribution is 6.00. The number of aryl methyl sites for hydroxylation is 1. The SMILES string of the molecule is C[C@@H]1CCO[C@]([C@H]2C[C@@H]3CCC4=C5[C@@H]6[C@](CCc7ccccc7)(CC[C@H]7C[C@H](O)C[C@@H](C4=O)[C@]76C)C[C@@]2(C)[C@]53O)([C@H]2O[C@@H]2[C@](C)(O)[C@](C)(CO)CCC2=CCNC(N)=C2)C1. The number of nitrogens with two attached hydrogens (primary N) is 1. The normalized spacial score (nSPS) is 47.3. The van der Waals surface area contributed by atoms with Gasteiger partial charge in [-0.05, 0) is 166 Å².